The molecule has 0 radical (unpaired) electrons. The number of hydrogen-bond donors (Lipinski definition) is 2. The van der Waals surface area contributed by atoms with Gasteiger partial charge in [0.15, 0.2) is 5.96 Å². The van der Waals surface area contributed by atoms with Crippen LogP contribution in [-0.2, 0) is 4.74 Å². The van der Waals surface area contributed by atoms with Gasteiger partial charge in [0.05, 0.1) is 13.2 Å². The fraction of sp³-hybridized carbons (Fsp3) is 0.632. The zero-order valence-corrected chi connectivity index (χ0v) is 15.3. The molecule has 1 aromatic rings. The third-order valence-electron chi connectivity index (χ3n) is 4.83. The summed E-state index contributed by atoms with van der Waals surface area (Å²) in [6.07, 6.45) is 1.70. The van der Waals surface area contributed by atoms with E-state index in [9.17, 15) is 8.78 Å². The maximum Gasteiger partial charge on any atom is 0.191 e. The number of guanidine groups is 1. The van der Waals surface area contributed by atoms with Gasteiger partial charge in [0, 0.05) is 50.2 Å². The summed E-state index contributed by atoms with van der Waals surface area (Å²) < 4.78 is 33.1. The molecule has 0 aromatic heterocycles. The molecule has 1 aromatic carbocycles. The quantitative estimate of drug-likeness (QED) is 0.441. The monoisotopic (exact) mass is 366 g/mol. The van der Waals surface area contributed by atoms with E-state index >= 15 is 0 Å². The Morgan fingerprint density at radius 3 is 2.69 bits per heavy atom. The van der Waals surface area contributed by atoms with Crippen molar-refractivity contribution in [3.05, 3.63) is 35.4 Å². The van der Waals surface area contributed by atoms with Crippen molar-refractivity contribution in [2.45, 2.75) is 31.7 Å². The molecule has 2 N–H and O–H groups in total. The average Bonchev–Trinajstić information content (AvgIpc) is 3.38. The Balaban J connectivity index is 1.47. The van der Waals surface area contributed by atoms with E-state index in [-0.39, 0.29) is 17.5 Å². The summed E-state index contributed by atoms with van der Waals surface area (Å²) >= 11 is 0. The second-order valence-corrected chi connectivity index (χ2v) is 6.80. The summed E-state index contributed by atoms with van der Waals surface area (Å²) in [5.41, 5.74) is 0.188. The van der Waals surface area contributed by atoms with Crippen molar-refractivity contribution in [3.8, 4) is 0 Å². The van der Waals surface area contributed by atoms with E-state index in [0.29, 0.717) is 0 Å². The zero-order chi connectivity index (χ0) is 18.4. The van der Waals surface area contributed by atoms with Crippen LogP contribution in [0.5, 0.6) is 0 Å². The Kier molecular flexibility index (Phi) is 6.80. The van der Waals surface area contributed by atoms with E-state index in [1.807, 2.05) is 6.92 Å². The minimum atomic E-state index is -0.466. The molecule has 7 heteroatoms. The molecule has 0 spiro atoms. The summed E-state index contributed by atoms with van der Waals surface area (Å²) in [5, 5.41) is 6.52. The van der Waals surface area contributed by atoms with Gasteiger partial charge in [-0.15, -0.1) is 0 Å². The highest BCUT2D eigenvalue weighted by atomic mass is 19.1. The molecule has 0 bridgehead atoms. The van der Waals surface area contributed by atoms with Crippen molar-refractivity contribution >= 4 is 5.96 Å². The topological polar surface area (TPSA) is 48.9 Å². The third-order valence-corrected chi connectivity index (χ3v) is 4.83. The summed E-state index contributed by atoms with van der Waals surface area (Å²) in [7, 11) is 0. The van der Waals surface area contributed by atoms with Gasteiger partial charge >= 0.3 is 0 Å². The number of morpholine rings is 1. The first kappa shape index (κ1) is 19.0. The molecular formula is C19H28F2N4O. The van der Waals surface area contributed by atoms with E-state index in [1.54, 1.807) is 0 Å². The summed E-state index contributed by atoms with van der Waals surface area (Å²) in [6.45, 7) is 8.08. The largest absolute Gasteiger partial charge is 0.379 e. The summed E-state index contributed by atoms with van der Waals surface area (Å²) in [6, 6.07) is 4.06. The first-order chi connectivity index (χ1) is 12.7. The van der Waals surface area contributed by atoms with Gasteiger partial charge in [0.2, 0.25) is 0 Å². The molecule has 0 amide bonds. The molecule has 2 aliphatic rings. The van der Waals surface area contributed by atoms with E-state index in [0.717, 1.165) is 64.7 Å². The van der Waals surface area contributed by atoms with Crippen molar-refractivity contribution in [2.75, 3.05) is 45.9 Å². The maximum absolute atomic E-state index is 13.9. The molecule has 3 rings (SSSR count). The van der Waals surface area contributed by atoms with Crippen LogP contribution in [0.15, 0.2) is 23.2 Å². The highest BCUT2D eigenvalue weighted by molar-refractivity contribution is 5.80. The fourth-order valence-electron chi connectivity index (χ4n) is 3.34. The van der Waals surface area contributed by atoms with Crippen molar-refractivity contribution in [3.63, 3.8) is 0 Å². The number of rotatable bonds is 7. The SMILES string of the molecule is CCNC(=NCCCN1CCOCC1)NC1CC1c1c(F)cccc1F. The average molecular weight is 366 g/mol. The lowest BCUT2D eigenvalue weighted by atomic mass is 10.1. The van der Waals surface area contributed by atoms with Crippen molar-refractivity contribution in [1.82, 2.24) is 15.5 Å². The molecule has 1 aliphatic heterocycles. The Bertz CT molecular complexity index is 599. The second-order valence-electron chi connectivity index (χ2n) is 6.80. The van der Waals surface area contributed by atoms with Gasteiger partial charge in [0.25, 0.3) is 0 Å². The normalized spacial score (nSPS) is 23.7. The number of hydrogen-bond acceptors (Lipinski definition) is 3. The zero-order valence-electron chi connectivity index (χ0n) is 15.3. The minimum absolute atomic E-state index is 0.0263. The van der Waals surface area contributed by atoms with Gasteiger partial charge in [-0.1, -0.05) is 6.07 Å². The van der Waals surface area contributed by atoms with Gasteiger partial charge in [-0.3, -0.25) is 9.89 Å². The van der Waals surface area contributed by atoms with Crippen LogP contribution < -0.4 is 10.6 Å². The Morgan fingerprint density at radius 1 is 1.27 bits per heavy atom. The lowest BCUT2D eigenvalue weighted by Crippen LogP contribution is -2.39. The smallest absolute Gasteiger partial charge is 0.191 e. The number of benzene rings is 1. The van der Waals surface area contributed by atoms with Crippen LogP contribution in [0, 0.1) is 11.6 Å². The minimum Gasteiger partial charge on any atom is -0.379 e. The lowest BCUT2D eigenvalue weighted by Gasteiger charge is -2.26. The van der Waals surface area contributed by atoms with Gasteiger partial charge in [-0.05, 0) is 31.9 Å². The van der Waals surface area contributed by atoms with E-state index in [4.69, 9.17) is 4.74 Å². The molecule has 2 unspecified atom stereocenters. The molecule has 2 atom stereocenters. The van der Waals surface area contributed by atoms with Crippen LogP contribution in [0.3, 0.4) is 0 Å². The Hall–Kier alpha value is -1.73. The number of nitrogens with one attached hydrogen (secondary N) is 2. The lowest BCUT2D eigenvalue weighted by molar-refractivity contribution is 0.0377. The van der Waals surface area contributed by atoms with Crippen LogP contribution >= 0.6 is 0 Å². The van der Waals surface area contributed by atoms with Crippen LogP contribution in [0.1, 0.15) is 31.2 Å². The summed E-state index contributed by atoms with van der Waals surface area (Å²) in [5.74, 6) is -0.342. The molecule has 2 fully saturated rings. The van der Waals surface area contributed by atoms with Crippen LogP contribution in [0.4, 0.5) is 8.78 Å². The number of aliphatic imine (C=N–C) groups is 1. The van der Waals surface area contributed by atoms with Crippen molar-refractivity contribution < 1.29 is 13.5 Å². The predicted molar refractivity (Wildman–Crippen MR) is 98.5 cm³/mol. The molecular weight excluding hydrogens is 338 g/mol. The Labute approximate surface area is 153 Å². The van der Waals surface area contributed by atoms with Crippen molar-refractivity contribution in [2.24, 2.45) is 4.99 Å². The van der Waals surface area contributed by atoms with Crippen LogP contribution in [-0.4, -0.2) is 62.8 Å². The predicted octanol–water partition coefficient (Wildman–Crippen LogP) is 2.10. The van der Waals surface area contributed by atoms with Gasteiger partial charge in [0.1, 0.15) is 11.6 Å². The molecule has 5 nitrogen and oxygen atoms in total. The maximum atomic E-state index is 13.9. The van der Waals surface area contributed by atoms with E-state index < -0.39 is 11.6 Å². The second kappa shape index (κ2) is 9.28. The van der Waals surface area contributed by atoms with Crippen LogP contribution in [0.2, 0.25) is 0 Å². The molecule has 144 valence electrons. The van der Waals surface area contributed by atoms with E-state index in [2.05, 4.69) is 20.5 Å². The molecule has 26 heavy (non-hydrogen) atoms. The first-order valence-electron chi connectivity index (χ1n) is 9.48. The Morgan fingerprint density at radius 2 is 2.00 bits per heavy atom. The molecule has 1 aliphatic carbocycles. The molecule has 1 heterocycles. The first-order valence-corrected chi connectivity index (χ1v) is 9.48. The standard InChI is InChI=1S/C19H28F2N4O/c1-2-22-19(23-7-4-8-25-9-11-26-12-10-25)24-17-13-14(17)18-15(20)5-3-6-16(18)21/h3,5-6,14,17H,2,4,7-13H2,1H3,(H2,22,23,24). The fourth-order valence-corrected chi connectivity index (χ4v) is 3.34. The molecule has 1 saturated carbocycles. The van der Waals surface area contributed by atoms with Gasteiger partial charge < -0.3 is 15.4 Å². The van der Waals surface area contributed by atoms with Crippen molar-refractivity contribution in [1.29, 1.82) is 0 Å². The molecule has 1 saturated heterocycles. The van der Waals surface area contributed by atoms with Gasteiger partial charge in [-0.25, -0.2) is 8.78 Å². The van der Waals surface area contributed by atoms with E-state index in [1.165, 1.54) is 18.2 Å². The highest BCUT2D eigenvalue weighted by Crippen LogP contribution is 2.43. The third kappa shape index (κ3) is 5.14. The number of nitrogens with zero attached hydrogens (tertiary/aromatic N) is 2. The van der Waals surface area contributed by atoms with Crippen LogP contribution in [0.25, 0.3) is 0 Å². The highest BCUT2D eigenvalue weighted by Gasteiger charge is 2.42. The van der Waals surface area contributed by atoms with Gasteiger partial charge in [-0.2, -0.15) is 0 Å². The summed E-state index contributed by atoms with van der Waals surface area (Å²) in [4.78, 5) is 6.99. The number of halogens is 2. The number of ether oxygens (including phenoxy) is 1.